The highest BCUT2D eigenvalue weighted by atomic mass is 16.6. The number of non-ortho nitro benzene ring substituents is 1. The number of nitro benzene ring substituents is 1. The average molecular weight is 286 g/mol. The fraction of sp³-hybridized carbons (Fsp3) is 0.133. The van der Waals surface area contributed by atoms with Crippen LogP contribution in [0.15, 0.2) is 42.5 Å². The summed E-state index contributed by atoms with van der Waals surface area (Å²) in [7, 11) is 0. The van der Waals surface area contributed by atoms with Gasteiger partial charge in [0, 0.05) is 17.8 Å². The summed E-state index contributed by atoms with van der Waals surface area (Å²) in [6, 6.07) is 11.0. The molecule has 0 unspecified atom stereocenters. The summed E-state index contributed by atoms with van der Waals surface area (Å²) in [5.74, 6) is 0.239. The van der Waals surface area contributed by atoms with E-state index in [1.54, 1.807) is 0 Å². The summed E-state index contributed by atoms with van der Waals surface area (Å²) in [6.07, 6.45) is -0.641. The topological polar surface area (TPSA) is 81.5 Å². The van der Waals surface area contributed by atoms with E-state index < -0.39 is 11.0 Å². The zero-order valence-electron chi connectivity index (χ0n) is 11.6. The van der Waals surface area contributed by atoms with Gasteiger partial charge in [-0.2, -0.15) is 0 Å². The molecular weight excluding hydrogens is 272 g/mol. The Bertz CT molecular complexity index is 681. The number of aryl methyl sites for hydroxylation is 2. The molecule has 0 aliphatic heterocycles. The average Bonchev–Trinajstić information content (AvgIpc) is 2.43. The van der Waals surface area contributed by atoms with Crippen LogP contribution < -0.4 is 10.1 Å². The van der Waals surface area contributed by atoms with Gasteiger partial charge in [0.25, 0.3) is 5.69 Å². The third kappa shape index (κ3) is 3.79. The van der Waals surface area contributed by atoms with E-state index in [1.165, 1.54) is 24.3 Å². The molecule has 6 heteroatoms. The van der Waals surface area contributed by atoms with E-state index in [4.69, 9.17) is 4.74 Å². The Morgan fingerprint density at radius 3 is 2.43 bits per heavy atom. The fourth-order valence-electron chi connectivity index (χ4n) is 1.75. The maximum Gasteiger partial charge on any atom is 0.417 e. The molecule has 0 saturated heterocycles. The number of nitrogens with zero attached hydrogens (tertiary/aromatic N) is 1. The lowest BCUT2D eigenvalue weighted by molar-refractivity contribution is -0.384. The summed E-state index contributed by atoms with van der Waals surface area (Å²) in [4.78, 5) is 21.8. The van der Waals surface area contributed by atoms with Crippen molar-refractivity contribution in [3.05, 3.63) is 63.7 Å². The minimum atomic E-state index is -0.641. The van der Waals surface area contributed by atoms with Gasteiger partial charge in [-0.15, -0.1) is 0 Å². The maximum absolute atomic E-state index is 11.8. The largest absolute Gasteiger partial charge is 0.417 e. The van der Waals surface area contributed by atoms with E-state index in [1.807, 2.05) is 32.0 Å². The first-order valence-corrected chi connectivity index (χ1v) is 6.26. The lowest BCUT2D eigenvalue weighted by Gasteiger charge is -2.09. The molecule has 0 fully saturated rings. The monoisotopic (exact) mass is 286 g/mol. The second-order valence-corrected chi connectivity index (χ2v) is 4.58. The van der Waals surface area contributed by atoms with Crippen LogP contribution in [0.2, 0.25) is 0 Å². The van der Waals surface area contributed by atoms with Crippen LogP contribution in [0.25, 0.3) is 0 Å². The SMILES string of the molecule is Cc1ccc(C)c(NC(=O)Oc2ccc([N+](=O)[O-])cc2)c1. The number of hydrogen-bond donors (Lipinski definition) is 1. The highest BCUT2D eigenvalue weighted by Gasteiger charge is 2.09. The highest BCUT2D eigenvalue weighted by molar-refractivity contribution is 5.87. The molecule has 0 aromatic heterocycles. The van der Waals surface area contributed by atoms with Crippen molar-refractivity contribution in [3.8, 4) is 5.75 Å². The predicted octanol–water partition coefficient (Wildman–Crippen LogP) is 3.82. The Morgan fingerprint density at radius 1 is 1.14 bits per heavy atom. The van der Waals surface area contributed by atoms with Crippen molar-refractivity contribution in [1.82, 2.24) is 0 Å². The van der Waals surface area contributed by atoms with Crippen LogP contribution in [-0.2, 0) is 0 Å². The van der Waals surface area contributed by atoms with Crippen molar-refractivity contribution < 1.29 is 14.5 Å². The van der Waals surface area contributed by atoms with Crippen molar-refractivity contribution in [2.75, 3.05) is 5.32 Å². The van der Waals surface area contributed by atoms with Crippen LogP contribution in [0, 0.1) is 24.0 Å². The highest BCUT2D eigenvalue weighted by Crippen LogP contribution is 2.19. The normalized spacial score (nSPS) is 10.0. The molecule has 1 amide bonds. The Morgan fingerprint density at radius 2 is 1.81 bits per heavy atom. The van der Waals surface area contributed by atoms with Gasteiger partial charge in [-0.25, -0.2) is 4.79 Å². The molecule has 0 heterocycles. The maximum atomic E-state index is 11.8. The van der Waals surface area contributed by atoms with Gasteiger partial charge in [-0.05, 0) is 43.2 Å². The third-order valence-corrected chi connectivity index (χ3v) is 2.89. The van der Waals surface area contributed by atoms with Crippen LogP contribution in [0.5, 0.6) is 5.75 Å². The Labute approximate surface area is 121 Å². The van der Waals surface area contributed by atoms with Crippen molar-refractivity contribution in [2.45, 2.75) is 13.8 Å². The molecule has 0 aliphatic carbocycles. The molecule has 2 aromatic carbocycles. The Balaban J connectivity index is 2.04. The van der Waals surface area contributed by atoms with Crippen molar-refractivity contribution in [3.63, 3.8) is 0 Å². The minimum absolute atomic E-state index is 0.0581. The van der Waals surface area contributed by atoms with Crippen molar-refractivity contribution in [1.29, 1.82) is 0 Å². The van der Waals surface area contributed by atoms with E-state index in [2.05, 4.69) is 5.32 Å². The van der Waals surface area contributed by atoms with Gasteiger partial charge >= 0.3 is 6.09 Å². The van der Waals surface area contributed by atoms with Gasteiger partial charge in [-0.3, -0.25) is 15.4 Å². The van der Waals surface area contributed by atoms with Crippen molar-refractivity contribution in [2.24, 2.45) is 0 Å². The zero-order valence-corrected chi connectivity index (χ0v) is 11.6. The minimum Gasteiger partial charge on any atom is -0.410 e. The van der Waals surface area contributed by atoms with E-state index in [9.17, 15) is 14.9 Å². The fourth-order valence-corrected chi connectivity index (χ4v) is 1.75. The third-order valence-electron chi connectivity index (χ3n) is 2.89. The summed E-state index contributed by atoms with van der Waals surface area (Å²) in [5, 5.41) is 13.2. The van der Waals surface area contributed by atoms with Crippen LogP contribution in [0.1, 0.15) is 11.1 Å². The molecule has 0 bridgehead atoms. The van der Waals surface area contributed by atoms with E-state index in [-0.39, 0.29) is 11.4 Å². The first-order chi connectivity index (χ1) is 9.95. The standard InChI is InChI=1S/C15H14N2O4/c1-10-3-4-11(2)14(9-10)16-15(18)21-13-7-5-12(6-8-13)17(19)20/h3-9H,1-2H3,(H,16,18). The molecule has 108 valence electrons. The number of nitrogens with one attached hydrogen (secondary N) is 1. The molecule has 6 nitrogen and oxygen atoms in total. The summed E-state index contributed by atoms with van der Waals surface area (Å²) < 4.78 is 5.08. The number of carbonyl (C=O) groups is 1. The number of anilines is 1. The number of carbonyl (C=O) groups excluding carboxylic acids is 1. The van der Waals surface area contributed by atoms with E-state index >= 15 is 0 Å². The van der Waals surface area contributed by atoms with Gasteiger partial charge in [0.2, 0.25) is 0 Å². The van der Waals surface area contributed by atoms with Gasteiger partial charge in [0.15, 0.2) is 0 Å². The molecule has 2 rings (SSSR count). The lowest BCUT2D eigenvalue weighted by atomic mass is 10.1. The molecule has 0 aliphatic rings. The Hall–Kier alpha value is -2.89. The molecule has 0 saturated carbocycles. The van der Waals surface area contributed by atoms with Crippen LogP contribution in [0.3, 0.4) is 0 Å². The number of ether oxygens (including phenoxy) is 1. The second kappa shape index (κ2) is 6.04. The second-order valence-electron chi connectivity index (χ2n) is 4.58. The molecule has 2 aromatic rings. The molecule has 1 N–H and O–H groups in total. The summed E-state index contributed by atoms with van der Waals surface area (Å²) >= 11 is 0. The first kappa shape index (κ1) is 14.5. The van der Waals surface area contributed by atoms with Gasteiger partial charge in [0.1, 0.15) is 5.75 Å². The number of rotatable bonds is 3. The molecule has 0 atom stereocenters. The summed E-state index contributed by atoms with van der Waals surface area (Å²) in [5.41, 5.74) is 2.55. The smallest absolute Gasteiger partial charge is 0.410 e. The zero-order chi connectivity index (χ0) is 15.4. The molecule has 21 heavy (non-hydrogen) atoms. The predicted molar refractivity (Wildman–Crippen MR) is 78.7 cm³/mol. The van der Waals surface area contributed by atoms with Crippen LogP contribution >= 0.6 is 0 Å². The van der Waals surface area contributed by atoms with E-state index in [0.717, 1.165) is 11.1 Å². The van der Waals surface area contributed by atoms with Crippen molar-refractivity contribution >= 4 is 17.5 Å². The molecule has 0 radical (unpaired) electrons. The first-order valence-electron chi connectivity index (χ1n) is 6.26. The van der Waals surface area contributed by atoms with Crippen LogP contribution in [-0.4, -0.2) is 11.0 Å². The number of amides is 1. The van der Waals surface area contributed by atoms with Gasteiger partial charge in [-0.1, -0.05) is 12.1 Å². The number of benzene rings is 2. The van der Waals surface area contributed by atoms with Gasteiger partial charge < -0.3 is 4.74 Å². The Kier molecular flexibility index (Phi) is 4.18. The van der Waals surface area contributed by atoms with E-state index in [0.29, 0.717) is 5.69 Å². The number of hydrogen-bond acceptors (Lipinski definition) is 4. The summed E-state index contributed by atoms with van der Waals surface area (Å²) in [6.45, 7) is 3.80. The van der Waals surface area contributed by atoms with Gasteiger partial charge in [0.05, 0.1) is 4.92 Å². The molecular formula is C15H14N2O4. The quantitative estimate of drug-likeness (QED) is 0.686. The van der Waals surface area contributed by atoms with Crippen LogP contribution in [0.4, 0.5) is 16.2 Å². The lowest BCUT2D eigenvalue weighted by Crippen LogP contribution is -2.17. The number of nitro groups is 1. The molecule has 0 spiro atoms.